The second kappa shape index (κ2) is 12.0. The van der Waals surface area contributed by atoms with Crippen molar-refractivity contribution in [3.8, 4) is 17.0 Å². The summed E-state index contributed by atoms with van der Waals surface area (Å²) in [5, 5.41) is 0. The Morgan fingerprint density at radius 2 is 1.98 bits per heavy atom. The molecule has 2 fully saturated rings. The Hall–Kier alpha value is -3.82. The highest BCUT2D eigenvalue weighted by molar-refractivity contribution is 5.69. The maximum absolute atomic E-state index is 13.3. The molecule has 1 aliphatic heterocycles. The summed E-state index contributed by atoms with van der Waals surface area (Å²) in [6.45, 7) is 9.98. The lowest BCUT2D eigenvalue weighted by Gasteiger charge is -2.43. The van der Waals surface area contributed by atoms with Gasteiger partial charge in [0, 0.05) is 55.5 Å². The molecule has 2 atom stereocenters. The molecule has 4 heterocycles. The molecule has 0 spiro atoms. The summed E-state index contributed by atoms with van der Waals surface area (Å²) >= 11 is 0. The SMILES string of the molecule is COc1cncc(-c2cn(C(C)n3ccc(N4CCC[C@@H](N(CC5CCC5)C(=O)OC(C)(C)C)C4)cc3=O)cn2)c1. The van der Waals surface area contributed by atoms with Crippen molar-refractivity contribution in [2.24, 2.45) is 5.92 Å². The zero-order valence-corrected chi connectivity index (χ0v) is 24.8. The van der Waals surface area contributed by atoms with Crippen LogP contribution in [0.5, 0.6) is 5.75 Å². The third-order valence-electron chi connectivity index (χ3n) is 8.12. The predicted molar refractivity (Wildman–Crippen MR) is 158 cm³/mol. The first-order valence-electron chi connectivity index (χ1n) is 14.6. The van der Waals surface area contributed by atoms with Crippen LogP contribution in [0.25, 0.3) is 11.3 Å². The van der Waals surface area contributed by atoms with Gasteiger partial charge in [-0.2, -0.15) is 0 Å². The van der Waals surface area contributed by atoms with Crippen LogP contribution in [0.4, 0.5) is 10.5 Å². The van der Waals surface area contributed by atoms with Crippen molar-refractivity contribution in [2.45, 2.75) is 77.6 Å². The van der Waals surface area contributed by atoms with Gasteiger partial charge in [-0.05, 0) is 71.4 Å². The van der Waals surface area contributed by atoms with E-state index in [1.54, 1.807) is 36.5 Å². The second-order valence-electron chi connectivity index (χ2n) is 12.3. The fraction of sp³-hybridized carbons (Fsp3) is 0.548. The number of imidazole rings is 1. The van der Waals surface area contributed by atoms with Crippen LogP contribution in [0, 0.1) is 5.92 Å². The number of aromatic nitrogens is 4. The monoisotopic (exact) mass is 562 g/mol. The van der Waals surface area contributed by atoms with Crippen LogP contribution in [-0.4, -0.2) is 68.5 Å². The van der Waals surface area contributed by atoms with E-state index in [2.05, 4.69) is 14.9 Å². The molecule has 1 unspecified atom stereocenters. The number of piperidine rings is 1. The molecule has 41 heavy (non-hydrogen) atoms. The van der Waals surface area contributed by atoms with E-state index in [4.69, 9.17) is 9.47 Å². The molecule has 3 aromatic rings. The van der Waals surface area contributed by atoms with Crippen LogP contribution in [0.15, 0.2) is 54.1 Å². The number of ether oxygens (including phenoxy) is 2. The van der Waals surface area contributed by atoms with Gasteiger partial charge in [0.1, 0.15) is 17.5 Å². The summed E-state index contributed by atoms with van der Waals surface area (Å²) in [7, 11) is 1.61. The minimum absolute atomic E-state index is 0.0519. The first kappa shape index (κ1) is 28.7. The Labute approximate surface area is 241 Å². The standard InChI is InChI=1S/C31H42N6O4/c1-22(35-20-28(33-21-35)24-14-27(40-5)17-32-16-24)36-13-11-25(15-29(36)38)34-12-7-10-26(19-34)37(18-23-8-6-9-23)30(39)41-31(2,3)4/h11,13-17,20-23,26H,6-10,12,18-19H2,1-5H3/t22?,26-/m1/s1. The molecule has 0 N–H and O–H groups in total. The molecule has 1 aliphatic carbocycles. The molecule has 10 heteroatoms. The van der Waals surface area contributed by atoms with E-state index in [1.165, 1.54) is 19.3 Å². The molecule has 1 amide bonds. The topological polar surface area (TPSA) is 94.7 Å². The third-order valence-corrected chi connectivity index (χ3v) is 8.12. The maximum atomic E-state index is 13.3. The molecule has 5 rings (SSSR count). The minimum atomic E-state index is -0.536. The van der Waals surface area contributed by atoms with Crippen LogP contribution in [0.1, 0.15) is 66.0 Å². The molecule has 0 bridgehead atoms. The molecule has 0 aromatic carbocycles. The largest absolute Gasteiger partial charge is 0.495 e. The van der Waals surface area contributed by atoms with Crippen molar-refractivity contribution in [1.29, 1.82) is 0 Å². The number of amides is 1. The summed E-state index contributed by atoms with van der Waals surface area (Å²) in [6.07, 6.45) is 13.8. The second-order valence-corrected chi connectivity index (χ2v) is 12.3. The number of nitrogens with zero attached hydrogens (tertiary/aromatic N) is 6. The summed E-state index contributed by atoms with van der Waals surface area (Å²) in [6, 6.07) is 5.63. The van der Waals surface area contributed by atoms with Crippen LogP contribution >= 0.6 is 0 Å². The van der Waals surface area contributed by atoms with E-state index >= 15 is 0 Å². The first-order valence-corrected chi connectivity index (χ1v) is 14.6. The number of hydrogen-bond acceptors (Lipinski definition) is 7. The maximum Gasteiger partial charge on any atom is 0.410 e. The van der Waals surface area contributed by atoms with Gasteiger partial charge in [0.15, 0.2) is 0 Å². The van der Waals surface area contributed by atoms with Gasteiger partial charge in [-0.3, -0.25) is 14.3 Å². The highest BCUT2D eigenvalue weighted by Crippen LogP contribution is 2.31. The van der Waals surface area contributed by atoms with E-state index < -0.39 is 5.60 Å². The smallest absolute Gasteiger partial charge is 0.410 e. The number of rotatable bonds is 8. The quantitative estimate of drug-likeness (QED) is 0.373. The van der Waals surface area contributed by atoms with Gasteiger partial charge < -0.3 is 23.8 Å². The van der Waals surface area contributed by atoms with Gasteiger partial charge in [0.2, 0.25) is 0 Å². The molecule has 3 aromatic heterocycles. The lowest BCUT2D eigenvalue weighted by molar-refractivity contribution is 0.00736. The molecular formula is C31H42N6O4. The lowest BCUT2D eigenvalue weighted by Crippen LogP contribution is -2.53. The van der Waals surface area contributed by atoms with Crippen LogP contribution in [-0.2, 0) is 4.74 Å². The van der Waals surface area contributed by atoms with Gasteiger partial charge in [0.05, 0.1) is 31.4 Å². The van der Waals surface area contributed by atoms with Gasteiger partial charge >= 0.3 is 6.09 Å². The van der Waals surface area contributed by atoms with E-state index in [9.17, 15) is 9.59 Å². The predicted octanol–water partition coefficient (Wildman–Crippen LogP) is 5.19. The number of hydrogen-bond donors (Lipinski definition) is 0. The van der Waals surface area contributed by atoms with Crippen molar-refractivity contribution in [2.75, 3.05) is 31.6 Å². The number of carbonyl (C=O) groups excluding carboxylic acids is 1. The summed E-state index contributed by atoms with van der Waals surface area (Å²) in [5.41, 5.74) is 1.85. The lowest BCUT2D eigenvalue weighted by atomic mass is 9.84. The summed E-state index contributed by atoms with van der Waals surface area (Å²) in [5.74, 6) is 1.21. The van der Waals surface area contributed by atoms with E-state index in [0.717, 1.165) is 42.9 Å². The van der Waals surface area contributed by atoms with E-state index in [0.29, 0.717) is 18.2 Å². The molecule has 1 saturated carbocycles. The van der Waals surface area contributed by atoms with Gasteiger partial charge in [-0.1, -0.05) is 6.42 Å². The summed E-state index contributed by atoms with van der Waals surface area (Å²) < 4.78 is 14.7. The average Bonchev–Trinajstić information content (AvgIpc) is 3.42. The van der Waals surface area contributed by atoms with Gasteiger partial charge in [-0.15, -0.1) is 0 Å². The third kappa shape index (κ3) is 6.74. The normalized spacial score (nSPS) is 18.5. The Morgan fingerprint density at radius 1 is 1.17 bits per heavy atom. The number of anilines is 1. The Bertz CT molecular complexity index is 1410. The van der Waals surface area contributed by atoms with E-state index in [-0.39, 0.29) is 23.9 Å². The fourth-order valence-corrected chi connectivity index (χ4v) is 5.58. The van der Waals surface area contributed by atoms with Gasteiger partial charge in [-0.25, -0.2) is 9.78 Å². The Balaban J connectivity index is 1.30. The zero-order chi connectivity index (χ0) is 29.1. The van der Waals surface area contributed by atoms with Gasteiger partial charge in [0.25, 0.3) is 5.56 Å². The molecule has 220 valence electrons. The number of carbonyl (C=O) groups is 1. The zero-order valence-electron chi connectivity index (χ0n) is 24.8. The van der Waals surface area contributed by atoms with Crippen LogP contribution in [0.3, 0.4) is 0 Å². The number of pyridine rings is 2. The Kier molecular flexibility index (Phi) is 8.37. The van der Waals surface area contributed by atoms with E-state index in [1.807, 2.05) is 61.7 Å². The highest BCUT2D eigenvalue weighted by atomic mass is 16.6. The van der Waals surface area contributed by atoms with Crippen molar-refractivity contribution in [3.63, 3.8) is 0 Å². The summed E-state index contributed by atoms with van der Waals surface area (Å²) in [4.78, 5) is 39.5. The molecule has 1 saturated heterocycles. The fourth-order valence-electron chi connectivity index (χ4n) is 5.58. The molecule has 2 aliphatic rings. The first-order chi connectivity index (χ1) is 19.6. The van der Waals surface area contributed by atoms with Crippen molar-refractivity contribution in [3.05, 3.63) is 59.7 Å². The molecule has 0 radical (unpaired) electrons. The highest BCUT2D eigenvalue weighted by Gasteiger charge is 2.34. The average molecular weight is 563 g/mol. The number of methoxy groups -OCH3 is 1. The molecule has 10 nitrogen and oxygen atoms in total. The van der Waals surface area contributed by atoms with Crippen LogP contribution < -0.4 is 15.2 Å². The van der Waals surface area contributed by atoms with Crippen LogP contribution in [0.2, 0.25) is 0 Å². The Morgan fingerprint density at radius 3 is 2.66 bits per heavy atom. The minimum Gasteiger partial charge on any atom is -0.495 e. The van der Waals surface area contributed by atoms with Crippen molar-refractivity contribution >= 4 is 11.8 Å². The van der Waals surface area contributed by atoms with Crippen molar-refractivity contribution < 1.29 is 14.3 Å². The molecular weight excluding hydrogens is 520 g/mol. The van der Waals surface area contributed by atoms with Crippen molar-refractivity contribution in [1.82, 2.24) is 24.0 Å².